The molecule has 0 fully saturated rings. The van der Waals surface area contributed by atoms with E-state index in [0.29, 0.717) is 0 Å². The third-order valence-electron chi connectivity index (χ3n) is 2.04. The van der Waals surface area contributed by atoms with Crippen molar-refractivity contribution < 1.29 is 4.57 Å². The van der Waals surface area contributed by atoms with Crippen molar-refractivity contribution in [3.63, 3.8) is 0 Å². The lowest BCUT2D eigenvalue weighted by atomic mass is 10.4. The summed E-state index contributed by atoms with van der Waals surface area (Å²) >= 11 is 0. The molecule has 2 heterocycles. The fourth-order valence-electron chi connectivity index (χ4n) is 1.37. The number of aryl methyl sites for hydroxylation is 2. The lowest BCUT2D eigenvalue weighted by molar-refractivity contribution is -0.644. The van der Waals surface area contributed by atoms with E-state index in [4.69, 9.17) is 0 Å². The van der Waals surface area contributed by atoms with E-state index in [-0.39, 0.29) is 0 Å². The molecule has 0 radical (unpaired) electrons. The standard InChI is InChI=1S/C9H11N2.C2H6/c1-10-6-3-4-8-9(10)5-7-11(8)2;1-2/h3-7H,1-2H3;1-2H3/q+1;. The maximum atomic E-state index is 2.12. The first-order valence-corrected chi connectivity index (χ1v) is 4.69. The van der Waals surface area contributed by atoms with E-state index in [0.717, 1.165) is 0 Å². The van der Waals surface area contributed by atoms with Crippen LogP contribution in [0.4, 0.5) is 0 Å². The molecule has 0 saturated heterocycles. The van der Waals surface area contributed by atoms with E-state index in [1.807, 2.05) is 13.8 Å². The van der Waals surface area contributed by atoms with Gasteiger partial charge in [0.15, 0.2) is 6.20 Å². The summed E-state index contributed by atoms with van der Waals surface area (Å²) in [6, 6.07) is 6.30. The second-order valence-corrected chi connectivity index (χ2v) is 2.82. The number of aromatic nitrogens is 2. The van der Waals surface area contributed by atoms with Gasteiger partial charge in [0.25, 0.3) is 0 Å². The molecule has 2 aromatic rings. The van der Waals surface area contributed by atoms with Crippen molar-refractivity contribution >= 4 is 11.0 Å². The van der Waals surface area contributed by atoms with Crippen molar-refractivity contribution in [1.29, 1.82) is 0 Å². The predicted octanol–water partition coefficient (Wildman–Crippen LogP) is 2.03. The highest BCUT2D eigenvalue weighted by Gasteiger charge is 2.04. The van der Waals surface area contributed by atoms with Crippen LogP contribution in [-0.2, 0) is 14.1 Å². The first-order chi connectivity index (χ1) is 6.29. The number of hydrogen-bond donors (Lipinski definition) is 0. The van der Waals surface area contributed by atoms with Gasteiger partial charge in [-0.2, -0.15) is 4.57 Å². The number of pyridine rings is 1. The molecule has 2 nitrogen and oxygen atoms in total. The third-order valence-corrected chi connectivity index (χ3v) is 2.04. The maximum absolute atomic E-state index is 2.12. The Bertz CT molecular complexity index is 388. The molecule has 0 amide bonds. The molecule has 0 unspecified atom stereocenters. The molecule has 70 valence electrons. The lowest BCUT2D eigenvalue weighted by Crippen LogP contribution is -2.27. The normalized spacial score (nSPS) is 9.54. The number of rotatable bonds is 0. The van der Waals surface area contributed by atoms with Gasteiger partial charge in [0, 0.05) is 25.4 Å². The fraction of sp³-hybridized carbons (Fsp3) is 0.364. The van der Waals surface area contributed by atoms with Gasteiger partial charge in [0.2, 0.25) is 5.52 Å². The highest BCUT2D eigenvalue weighted by atomic mass is 15.0. The molecule has 2 heteroatoms. The van der Waals surface area contributed by atoms with Crippen molar-refractivity contribution in [2.45, 2.75) is 13.8 Å². The van der Waals surface area contributed by atoms with E-state index in [1.54, 1.807) is 0 Å². The second kappa shape index (κ2) is 4.08. The Morgan fingerprint density at radius 2 is 1.92 bits per heavy atom. The van der Waals surface area contributed by atoms with Crippen molar-refractivity contribution in [2.24, 2.45) is 14.1 Å². The first kappa shape index (κ1) is 9.78. The highest BCUT2D eigenvalue weighted by molar-refractivity contribution is 5.71. The van der Waals surface area contributed by atoms with Gasteiger partial charge in [0.05, 0.1) is 0 Å². The smallest absolute Gasteiger partial charge is 0.230 e. The molecule has 2 aromatic heterocycles. The lowest BCUT2D eigenvalue weighted by Gasteiger charge is -1.92. The van der Waals surface area contributed by atoms with Gasteiger partial charge in [-0.3, -0.25) is 0 Å². The molecule has 2 rings (SSSR count). The summed E-state index contributed by atoms with van der Waals surface area (Å²) in [5.74, 6) is 0. The van der Waals surface area contributed by atoms with Crippen LogP contribution in [-0.4, -0.2) is 4.57 Å². The van der Waals surface area contributed by atoms with Gasteiger partial charge in [-0.25, -0.2) is 0 Å². The number of nitrogens with zero attached hydrogens (tertiary/aromatic N) is 2. The Morgan fingerprint density at radius 3 is 2.54 bits per heavy atom. The monoisotopic (exact) mass is 177 g/mol. The van der Waals surface area contributed by atoms with E-state index in [9.17, 15) is 0 Å². The second-order valence-electron chi connectivity index (χ2n) is 2.82. The quantitative estimate of drug-likeness (QED) is 0.544. The van der Waals surface area contributed by atoms with Gasteiger partial charge in [-0.15, -0.1) is 0 Å². The van der Waals surface area contributed by atoms with Crippen LogP contribution < -0.4 is 4.57 Å². The SMILES string of the molecule is CC.Cn1ccc2c1ccc[n+]2C. The largest absolute Gasteiger partial charge is 0.345 e. The summed E-state index contributed by atoms with van der Waals surface area (Å²) in [6.07, 6.45) is 4.13. The van der Waals surface area contributed by atoms with E-state index < -0.39 is 0 Å². The van der Waals surface area contributed by atoms with Crippen LogP contribution in [0.1, 0.15) is 13.8 Å². The number of hydrogen-bond acceptors (Lipinski definition) is 0. The Kier molecular flexibility index (Phi) is 3.07. The van der Waals surface area contributed by atoms with Gasteiger partial charge >= 0.3 is 0 Å². The zero-order chi connectivity index (χ0) is 9.84. The van der Waals surface area contributed by atoms with Crippen LogP contribution in [0.25, 0.3) is 11.0 Å². The molecule has 0 aliphatic heterocycles. The summed E-state index contributed by atoms with van der Waals surface area (Å²) in [6.45, 7) is 4.00. The van der Waals surface area contributed by atoms with Crippen LogP contribution in [0, 0.1) is 0 Å². The predicted molar refractivity (Wildman–Crippen MR) is 55.4 cm³/mol. The van der Waals surface area contributed by atoms with Crippen molar-refractivity contribution in [3.05, 3.63) is 30.6 Å². The zero-order valence-corrected chi connectivity index (χ0v) is 8.78. The molecule has 0 atom stereocenters. The minimum absolute atomic E-state index is 1.27. The van der Waals surface area contributed by atoms with Crippen LogP contribution in [0.15, 0.2) is 30.6 Å². The van der Waals surface area contributed by atoms with E-state index >= 15 is 0 Å². The van der Waals surface area contributed by atoms with Gasteiger partial charge < -0.3 is 4.57 Å². The van der Waals surface area contributed by atoms with Crippen molar-refractivity contribution in [2.75, 3.05) is 0 Å². The molecular weight excluding hydrogens is 160 g/mol. The molecule has 0 aliphatic rings. The van der Waals surface area contributed by atoms with Crippen molar-refractivity contribution in [1.82, 2.24) is 4.57 Å². The third kappa shape index (κ3) is 1.72. The van der Waals surface area contributed by atoms with Crippen LogP contribution in [0.2, 0.25) is 0 Å². The number of fused-ring (bicyclic) bond motifs is 1. The first-order valence-electron chi connectivity index (χ1n) is 4.69. The molecule has 0 bridgehead atoms. The minimum Gasteiger partial charge on any atom is -0.345 e. The van der Waals surface area contributed by atoms with E-state index in [1.165, 1.54) is 11.0 Å². The summed E-state index contributed by atoms with van der Waals surface area (Å²) in [5.41, 5.74) is 2.55. The Hall–Kier alpha value is -1.31. The molecule has 0 N–H and O–H groups in total. The molecule has 0 aromatic carbocycles. The molecule has 13 heavy (non-hydrogen) atoms. The molecule has 0 saturated carbocycles. The fourth-order valence-corrected chi connectivity index (χ4v) is 1.37. The van der Waals surface area contributed by atoms with E-state index in [2.05, 4.69) is 53.8 Å². The highest BCUT2D eigenvalue weighted by Crippen LogP contribution is 2.07. The van der Waals surface area contributed by atoms with Crippen LogP contribution in [0.5, 0.6) is 0 Å². The Labute approximate surface area is 79.4 Å². The topological polar surface area (TPSA) is 8.81 Å². The molecule has 0 spiro atoms. The summed E-state index contributed by atoms with van der Waals surface area (Å²) < 4.78 is 4.24. The average molecular weight is 177 g/mol. The van der Waals surface area contributed by atoms with Gasteiger partial charge in [-0.1, -0.05) is 13.8 Å². The molecule has 0 aliphatic carbocycles. The van der Waals surface area contributed by atoms with Crippen LogP contribution >= 0.6 is 0 Å². The van der Waals surface area contributed by atoms with Gasteiger partial charge in [0.1, 0.15) is 12.6 Å². The van der Waals surface area contributed by atoms with Crippen LogP contribution in [0.3, 0.4) is 0 Å². The van der Waals surface area contributed by atoms with Gasteiger partial charge in [-0.05, 0) is 6.07 Å². The zero-order valence-electron chi connectivity index (χ0n) is 8.78. The maximum Gasteiger partial charge on any atom is 0.230 e. The average Bonchev–Trinajstić information content (AvgIpc) is 2.53. The summed E-state index contributed by atoms with van der Waals surface area (Å²) in [4.78, 5) is 0. The minimum atomic E-state index is 1.27. The Morgan fingerprint density at radius 1 is 1.23 bits per heavy atom. The molecular formula is C11H17N2+. The Balaban J connectivity index is 0.000000396. The van der Waals surface area contributed by atoms with Crippen molar-refractivity contribution in [3.8, 4) is 0 Å². The summed E-state index contributed by atoms with van der Waals surface area (Å²) in [7, 11) is 4.12. The summed E-state index contributed by atoms with van der Waals surface area (Å²) in [5, 5.41) is 0.